The van der Waals surface area contributed by atoms with Gasteiger partial charge in [-0.2, -0.15) is 9.97 Å². The van der Waals surface area contributed by atoms with Crippen LogP contribution in [0.15, 0.2) is 42.6 Å². The summed E-state index contributed by atoms with van der Waals surface area (Å²) in [6.45, 7) is 9.50. The Labute approximate surface area is 283 Å². The Morgan fingerprint density at radius 3 is 2.67 bits per heavy atom. The van der Waals surface area contributed by atoms with Gasteiger partial charge in [-0.3, -0.25) is 9.88 Å². The molecule has 6 heterocycles. The van der Waals surface area contributed by atoms with Crippen molar-refractivity contribution in [3.63, 3.8) is 0 Å². The van der Waals surface area contributed by atoms with Gasteiger partial charge in [-0.25, -0.2) is 13.6 Å². The molecule has 0 unspecified atom stereocenters. The lowest BCUT2D eigenvalue weighted by molar-refractivity contribution is 0.0265. The summed E-state index contributed by atoms with van der Waals surface area (Å²) in [4.78, 5) is 32.9. The van der Waals surface area contributed by atoms with Gasteiger partial charge in [0, 0.05) is 66.7 Å². The molecule has 0 bridgehead atoms. The Bertz CT molecular complexity index is 1930. The summed E-state index contributed by atoms with van der Waals surface area (Å²) < 4.78 is 43.2. The Balaban J connectivity index is 1.15. The molecular weight excluding hydrogens is 638 g/mol. The fraction of sp³-hybridized carbons (Fsp3) is 0.500. The molecule has 9 nitrogen and oxygen atoms in total. The predicted octanol–water partition coefficient (Wildman–Crippen LogP) is 7.04. The molecule has 2 aromatic heterocycles. The first-order valence-electron chi connectivity index (χ1n) is 16.7. The number of pyridine rings is 1. The summed E-state index contributed by atoms with van der Waals surface area (Å²) in [5.74, 6) is -0.0632. The van der Waals surface area contributed by atoms with Crippen LogP contribution in [-0.4, -0.2) is 94.0 Å². The van der Waals surface area contributed by atoms with Crippen molar-refractivity contribution in [2.75, 3.05) is 50.8 Å². The predicted molar refractivity (Wildman–Crippen MR) is 181 cm³/mol. The largest absolute Gasteiger partial charge is 0.461 e. The summed E-state index contributed by atoms with van der Waals surface area (Å²) >= 11 is 6.61. The first-order valence-corrected chi connectivity index (χ1v) is 17.1. The number of benzene rings is 2. The second-order valence-corrected chi connectivity index (χ2v) is 15.4. The van der Waals surface area contributed by atoms with Gasteiger partial charge in [0.05, 0.1) is 10.9 Å². The van der Waals surface area contributed by atoms with Gasteiger partial charge in [-0.15, -0.1) is 0 Å². The molecule has 4 aromatic rings. The van der Waals surface area contributed by atoms with E-state index >= 15 is 4.39 Å². The van der Waals surface area contributed by atoms with Crippen LogP contribution < -0.4 is 9.64 Å². The van der Waals surface area contributed by atoms with Crippen molar-refractivity contribution < 1.29 is 23.0 Å². The van der Waals surface area contributed by atoms with Crippen LogP contribution in [0.5, 0.6) is 6.01 Å². The molecule has 252 valence electrons. The van der Waals surface area contributed by atoms with E-state index in [9.17, 15) is 9.18 Å². The smallest absolute Gasteiger partial charge is 0.410 e. The number of hydrogen-bond donors (Lipinski definition) is 0. The molecule has 4 saturated heterocycles. The first kappa shape index (κ1) is 31.4. The van der Waals surface area contributed by atoms with Gasteiger partial charge in [0.25, 0.3) is 0 Å². The van der Waals surface area contributed by atoms with Gasteiger partial charge in [-0.05, 0) is 58.0 Å². The number of ether oxygens (including phenoxy) is 2. The Hall–Kier alpha value is -3.83. The highest BCUT2D eigenvalue weighted by molar-refractivity contribution is 6.36. The van der Waals surface area contributed by atoms with Crippen LogP contribution >= 0.6 is 11.6 Å². The third-order valence-corrected chi connectivity index (χ3v) is 10.7. The van der Waals surface area contributed by atoms with Gasteiger partial charge >= 0.3 is 12.1 Å². The maximum Gasteiger partial charge on any atom is 0.410 e. The molecule has 0 aliphatic carbocycles. The highest BCUT2D eigenvalue weighted by atomic mass is 35.5. The lowest BCUT2D eigenvalue weighted by Gasteiger charge is -2.48. The number of nitrogens with zero attached hydrogens (tertiary/aromatic N) is 6. The molecular formula is C36H39ClF2N6O3. The normalized spacial score (nSPS) is 23.7. The van der Waals surface area contributed by atoms with E-state index in [0.717, 1.165) is 31.2 Å². The molecule has 2 aromatic carbocycles. The van der Waals surface area contributed by atoms with Gasteiger partial charge in [0.2, 0.25) is 0 Å². The highest BCUT2D eigenvalue weighted by Crippen LogP contribution is 2.45. The summed E-state index contributed by atoms with van der Waals surface area (Å²) in [7, 11) is 0. The molecule has 1 amide bonds. The minimum Gasteiger partial charge on any atom is -0.461 e. The Morgan fingerprint density at radius 1 is 1.08 bits per heavy atom. The maximum absolute atomic E-state index is 16.7. The molecule has 2 atom stereocenters. The number of anilines is 1. The monoisotopic (exact) mass is 676 g/mol. The van der Waals surface area contributed by atoms with E-state index in [1.807, 2.05) is 51.1 Å². The van der Waals surface area contributed by atoms with Crippen LogP contribution in [0.4, 0.5) is 19.4 Å². The number of fused-ring (bicyclic) bond motifs is 3. The molecule has 4 aliphatic rings. The van der Waals surface area contributed by atoms with Crippen LogP contribution in [0, 0.1) is 11.2 Å². The van der Waals surface area contributed by atoms with Crippen molar-refractivity contribution in [3.05, 3.63) is 53.4 Å². The molecule has 4 fully saturated rings. The van der Waals surface area contributed by atoms with Gasteiger partial charge in [0.1, 0.15) is 35.4 Å². The number of carbonyl (C=O) groups is 1. The summed E-state index contributed by atoms with van der Waals surface area (Å²) in [5.41, 5.74) is -0.295. The molecule has 0 saturated carbocycles. The summed E-state index contributed by atoms with van der Waals surface area (Å²) in [5, 5.41) is 2.56. The molecule has 4 aliphatic heterocycles. The number of amides is 1. The minimum atomic E-state index is -0.899. The Kier molecular flexibility index (Phi) is 7.45. The number of likely N-dealkylation sites (tertiary alicyclic amines) is 1. The molecule has 1 spiro atoms. The van der Waals surface area contributed by atoms with Crippen LogP contribution in [0.2, 0.25) is 5.02 Å². The van der Waals surface area contributed by atoms with Crippen LogP contribution in [0.25, 0.3) is 32.9 Å². The topological polar surface area (TPSA) is 83.9 Å². The second kappa shape index (κ2) is 11.4. The summed E-state index contributed by atoms with van der Waals surface area (Å²) in [6, 6.07) is 11.2. The molecule has 12 heteroatoms. The molecule has 48 heavy (non-hydrogen) atoms. The van der Waals surface area contributed by atoms with E-state index in [4.69, 9.17) is 26.1 Å². The lowest BCUT2D eigenvalue weighted by Crippen LogP contribution is -2.58. The fourth-order valence-electron chi connectivity index (χ4n) is 8.24. The Morgan fingerprint density at radius 2 is 1.88 bits per heavy atom. The molecule has 8 rings (SSSR count). The third-order valence-electron chi connectivity index (χ3n) is 10.4. The van der Waals surface area contributed by atoms with Gasteiger partial charge in [-0.1, -0.05) is 41.9 Å². The number of hydrogen-bond acceptors (Lipinski definition) is 8. The van der Waals surface area contributed by atoms with Crippen molar-refractivity contribution in [3.8, 4) is 17.3 Å². The van der Waals surface area contributed by atoms with Gasteiger partial charge in [0.15, 0.2) is 5.82 Å². The highest BCUT2D eigenvalue weighted by Gasteiger charge is 2.51. The van der Waals surface area contributed by atoms with Crippen molar-refractivity contribution >= 4 is 45.2 Å². The van der Waals surface area contributed by atoms with E-state index in [2.05, 4.69) is 19.8 Å². The van der Waals surface area contributed by atoms with Crippen LogP contribution in [0.3, 0.4) is 0 Å². The average molecular weight is 677 g/mol. The lowest BCUT2D eigenvalue weighted by atomic mass is 9.79. The quantitative estimate of drug-likeness (QED) is 0.223. The van der Waals surface area contributed by atoms with E-state index < -0.39 is 23.1 Å². The average Bonchev–Trinajstić information content (AvgIpc) is 3.71. The number of aromatic nitrogens is 3. The van der Waals surface area contributed by atoms with E-state index in [1.165, 1.54) is 0 Å². The summed E-state index contributed by atoms with van der Waals surface area (Å²) in [6.07, 6.45) is 3.46. The standard InChI is InChI=1S/C36H39ClF2N6O3/c1-34(2,3)48-33(46)43-14-12-35(18-43)19-44(20-35)31-25-16-40-29(24-9-4-7-22-8-5-10-26(37)27(22)24)28(39)30(25)41-32(42-31)47-21-36-11-6-13-45(36)17-23(38)15-36/h4-5,7-10,16,23H,6,11-15,17-21H2,1-3H3/t23-,36+/m1/s1. The first-order chi connectivity index (χ1) is 22.9. The van der Waals surface area contributed by atoms with E-state index in [1.54, 1.807) is 17.2 Å². The SMILES string of the molecule is CC(C)(C)OC(=O)N1CCC2(C1)CN(c1nc(OC[C@@]34CCCN3C[C@H](F)C4)nc3c(F)c(-c4cccc5cccc(Cl)c45)ncc13)C2. The van der Waals surface area contributed by atoms with Crippen molar-refractivity contribution in [1.29, 1.82) is 0 Å². The number of halogens is 3. The third kappa shape index (κ3) is 5.39. The zero-order valence-electron chi connectivity index (χ0n) is 27.4. The van der Waals surface area contributed by atoms with Crippen molar-refractivity contribution in [2.45, 2.75) is 63.8 Å². The number of alkyl halides is 1. The fourth-order valence-corrected chi connectivity index (χ4v) is 8.53. The molecule has 0 N–H and O–H groups in total. The second-order valence-electron chi connectivity index (χ2n) is 15.0. The van der Waals surface area contributed by atoms with Crippen LogP contribution in [0.1, 0.15) is 46.5 Å². The van der Waals surface area contributed by atoms with Crippen molar-refractivity contribution in [2.24, 2.45) is 5.41 Å². The number of carbonyl (C=O) groups excluding carboxylic acids is 1. The minimum absolute atomic E-state index is 0.0517. The van der Waals surface area contributed by atoms with Gasteiger partial charge < -0.3 is 19.3 Å². The molecule has 0 radical (unpaired) electrons. The maximum atomic E-state index is 16.7. The van der Waals surface area contributed by atoms with E-state index in [-0.39, 0.29) is 35.3 Å². The van der Waals surface area contributed by atoms with Crippen molar-refractivity contribution in [1.82, 2.24) is 24.8 Å². The zero-order valence-corrected chi connectivity index (χ0v) is 28.2. The van der Waals surface area contributed by atoms with Crippen LogP contribution in [-0.2, 0) is 4.74 Å². The number of rotatable bonds is 5. The zero-order chi connectivity index (χ0) is 33.4. The van der Waals surface area contributed by atoms with E-state index in [0.29, 0.717) is 66.3 Å².